The smallest absolute Gasteiger partial charge is 0.267 e. The Morgan fingerprint density at radius 1 is 1.28 bits per heavy atom. The van der Waals surface area contributed by atoms with Gasteiger partial charge in [0.15, 0.2) is 0 Å². The molecule has 0 bridgehead atoms. The van der Waals surface area contributed by atoms with E-state index in [4.69, 9.17) is 22.6 Å². The maximum atomic E-state index is 12.8. The number of amides is 1. The van der Waals surface area contributed by atoms with Crippen LogP contribution in [0.4, 0.5) is 15.8 Å². The molecule has 0 atom stereocenters. The van der Waals surface area contributed by atoms with Gasteiger partial charge in [-0.1, -0.05) is 23.7 Å². The molecule has 0 heterocycles. The number of nitrogens with one attached hydrogen (secondary N) is 2. The minimum absolute atomic E-state index is 0.0768. The average Bonchev–Trinajstić information content (AvgIpc) is 2.59. The highest BCUT2D eigenvalue weighted by Crippen LogP contribution is 2.22. The number of carbonyl (C=O) groups is 1. The Kier molecular flexibility index (Phi) is 6.38. The van der Waals surface area contributed by atoms with Crippen molar-refractivity contribution >= 4 is 28.9 Å². The molecule has 0 aliphatic heterocycles. The van der Waals surface area contributed by atoms with Crippen LogP contribution >= 0.6 is 11.6 Å². The number of hydrogen-bond donors (Lipinski definition) is 3. The predicted octanol–water partition coefficient (Wildman–Crippen LogP) is 3.24. The van der Waals surface area contributed by atoms with Gasteiger partial charge in [0.25, 0.3) is 5.91 Å². The van der Waals surface area contributed by atoms with Crippen molar-refractivity contribution in [2.24, 2.45) is 0 Å². The number of carbonyl (C=O) groups excluding carboxylic acids is 1. The highest BCUT2D eigenvalue weighted by atomic mass is 35.5. The topological polar surface area (TPSA) is 90.9 Å². The first-order chi connectivity index (χ1) is 12.0. The first-order valence-corrected chi connectivity index (χ1v) is 7.82. The number of halogens is 2. The van der Waals surface area contributed by atoms with Gasteiger partial charge in [-0.3, -0.25) is 4.79 Å². The highest BCUT2D eigenvalue weighted by Gasteiger charge is 2.10. The molecule has 0 saturated carbocycles. The van der Waals surface area contributed by atoms with Crippen LogP contribution in [0.5, 0.6) is 0 Å². The summed E-state index contributed by atoms with van der Waals surface area (Å²) in [6.45, 7) is 0.498. The van der Waals surface area contributed by atoms with Crippen LogP contribution in [-0.2, 0) is 11.2 Å². The van der Waals surface area contributed by atoms with Gasteiger partial charge in [-0.25, -0.2) is 4.39 Å². The van der Waals surface area contributed by atoms with E-state index in [9.17, 15) is 9.18 Å². The van der Waals surface area contributed by atoms with Gasteiger partial charge in [-0.15, -0.1) is 0 Å². The van der Waals surface area contributed by atoms with Crippen molar-refractivity contribution in [3.8, 4) is 6.07 Å². The molecule has 0 aromatic heterocycles. The Morgan fingerprint density at radius 2 is 2.00 bits per heavy atom. The SMILES string of the molecule is N#C/C(=C/NCCc1ccc(F)cc1)C(=O)Nc1ccc(N)c(Cl)c1. The van der Waals surface area contributed by atoms with Crippen molar-refractivity contribution < 1.29 is 9.18 Å². The van der Waals surface area contributed by atoms with Crippen molar-refractivity contribution in [1.29, 1.82) is 5.26 Å². The third-order valence-electron chi connectivity index (χ3n) is 3.34. The van der Waals surface area contributed by atoms with Gasteiger partial charge in [0, 0.05) is 18.4 Å². The van der Waals surface area contributed by atoms with Crippen LogP contribution in [0.15, 0.2) is 54.2 Å². The van der Waals surface area contributed by atoms with E-state index in [1.54, 1.807) is 24.3 Å². The third kappa shape index (κ3) is 5.52. The van der Waals surface area contributed by atoms with Crippen LogP contribution in [0.1, 0.15) is 5.56 Å². The zero-order chi connectivity index (χ0) is 18.2. The van der Waals surface area contributed by atoms with E-state index in [0.29, 0.717) is 29.4 Å². The molecule has 0 saturated heterocycles. The second-order valence-corrected chi connectivity index (χ2v) is 5.60. The molecule has 0 radical (unpaired) electrons. The third-order valence-corrected chi connectivity index (χ3v) is 3.67. The summed E-state index contributed by atoms with van der Waals surface area (Å²) < 4.78 is 12.8. The normalized spacial score (nSPS) is 10.8. The minimum atomic E-state index is -0.558. The molecule has 128 valence electrons. The summed E-state index contributed by atoms with van der Waals surface area (Å²) in [5, 5.41) is 14.9. The molecule has 1 amide bonds. The number of nitrogens with zero attached hydrogens (tertiary/aromatic N) is 1. The maximum absolute atomic E-state index is 12.8. The van der Waals surface area contributed by atoms with Gasteiger partial charge in [-0.2, -0.15) is 5.26 Å². The minimum Gasteiger partial charge on any atom is -0.398 e. The number of anilines is 2. The van der Waals surface area contributed by atoms with Crippen LogP contribution in [-0.4, -0.2) is 12.5 Å². The van der Waals surface area contributed by atoms with E-state index in [2.05, 4.69) is 10.6 Å². The molecular weight excluding hydrogens is 343 g/mol. The number of hydrogen-bond acceptors (Lipinski definition) is 4. The van der Waals surface area contributed by atoms with E-state index < -0.39 is 5.91 Å². The van der Waals surface area contributed by atoms with Gasteiger partial charge >= 0.3 is 0 Å². The van der Waals surface area contributed by atoms with E-state index in [0.717, 1.165) is 5.56 Å². The van der Waals surface area contributed by atoms with Gasteiger partial charge in [0.1, 0.15) is 17.5 Å². The van der Waals surface area contributed by atoms with Gasteiger partial charge in [0.05, 0.1) is 10.7 Å². The average molecular weight is 359 g/mol. The fourth-order valence-electron chi connectivity index (χ4n) is 1.99. The van der Waals surface area contributed by atoms with E-state index in [1.807, 2.05) is 6.07 Å². The van der Waals surface area contributed by atoms with Crippen molar-refractivity contribution in [1.82, 2.24) is 5.32 Å². The Hall–Kier alpha value is -3.04. The number of nitrogen functional groups attached to an aromatic ring is 1. The van der Waals surface area contributed by atoms with E-state index in [1.165, 1.54) is 24.4 Å². The number of rotatable bonds is 6. The highest BCUT2D eigenvalue weighted by molar-refractivity contribution is 6.33. The lowest BCUT2D eigenvalue weighted by molar-refractivity contribution is -0.112. The molecule has 0 aliphatic carbocycles. The quantitative estimate of drug-likeness (QED) is 0.320. The van der Waals surface area contributed by atoms with Crippen molar-refractivity contribution in [3.05, 3.63) is 70.6 Å². The Morgan fingerprint density at radius 3 is 2.64 bits per heavy atom. The fourth-order valence-corrected chi connectivity index (χ4v) is 2.17. The molecule has 4 N–H and O–H groups in total. The Bertz CT molecular complexity index is 828. The van der Waals surface area contributed by atoms with E-state index in [-0.39, 0.29) is 11.4 Å². The first-order valence-electron chi connectivity index (χ1n) is 7.44. The van der Waals surface area contributed by atoms with Crippen molar-refractivity contribution in [2.45, 2.75) is 6.42 Å². The Labute approximate surface area is 149 Å². The summed E-state index contributed by atoms with van der Waals surface area (Å²) in [6, 6.07) is 12.6. The molecule has 7 heteroatoms. The largest absolute Gasteiger partial charge is 0.398 e. The number of nitrogens with two attached hydrogens (primary N) is 1. The van der Waals surface area contributed by atoms with Crippen LogP contribution in [0, 0.1) is 17.1 Å². The summed E-state index contributed by atoms with van der Waals surface area (Å²) in [5.74, 6) is -0.847. The molecule has 0 spiro atoms. The molecule has 0 aliphatic rings. The second kappa shape index (κ2) is 8.71. The summed E-state index contributed by atoms with van der Waals surface area (Å²) in [4.78, 5) is 12.1. The van der Waals surface area contributed by atoms with E-state index >= 15 is 0 Å². The summed E-state index contributed by atoms with van der Waals surface area (Å²) in [7, 11) is 0. The monoisotopic (exact) mass is 358 g/mol. The molecular formula is C18H16ClFN4O. The molecule has 0 unspecified atom stereocenters. The van der Waals surface area contributed by atoms with Gasteiger partial charge in [-0.05, 0) is 42.3 Å². The lowest BCUT2D eigenvalue weighted by atomic mass is 10.1. The zero-order valence-corrected chi connectivity index (χ0v) is 14.0. The predicted molar refractivity (Wildman–Crippen MR) is 96.3 cm³/mol. The van der Waals surface area contributed by atoms with Crippen LogP contribution in [0.2, 0.25) is 5.02 Å². The fraction of sp³-hybridized carbons (Fsp3) is 0.111. The molecule has 0 fully saturated rings. The van der Waals surface area contributed by atoms with Crippen molar-refractivity contribution in [2.75, 3.05) is 17.6 Å². The second-order valence-electron chi connectivity index (χ2n) is 5.19. The maximum Gasteiger partial charge on any atom is 0.267 e. The Balaban J connectivity index is 1.90. The first kappa shape index (κ1) is 18.3. The molecule has 2 aromatic rings. The summed E-state index contributed by atoms with van der Waals surface area (Å²) >= 11 is 5.89. The van der Waals surface area contributed by atoms with Crippen LogP contribution < -0.4 is 16.4 Å². The van der Waals surface area contributed by atoms with Crippen molar-refractivity contribution in [3.63, 3.8) is 0 Å². The lowest BCUT2D eigenvalue weighted by Crippen LogP contribution is -2.18. The van der Waals surface area contributed by atoms with Gasteiger partial charge in [0.2, 0.25) is 0 Å². The number of nitriles is 1. The van der Waals surface area contributed by atoms with Crippen LogP contribution in [0.25, 0.3) is 0 Å². The zero-order valence-electron chi connectivity index (χ0n) is 13.2. The molecule has 25 heavy (non-hydrogen) atoms. The van der Waals surface area contributed by atoms with Crippen LogP contribution in [0.3, 0.4) is 0 Å². The standard InChI is InChI=1S/C18H16ClFN4O/c19-16-9-15(5-6-17(16)22)24-18(25)13(10-21)11-23-8-7-12-1-3-14(20)4-2-12/h1-6,9,11,23H,7-8,22H2,(H,24,25)/b13-11-. The van der Waals surface area contributed by atoms with Gasteiger partial charge < -0.3 is 16.4 Å². The molecule has 5 nitrogen and oxygen atoms in total. The molecule has 2 aromatic carbocycles. The number of benzene rings is 2. The summed E-state index contributed by atoms with van der Waals surface area (Å²) in [6.07, 6.45) is 1.97. The lowest BCUT2D eigenvalue weighted by Gasteiger charge is -2.07. The molecule has 2 rings (SSSR count). The summed E-state index contributed by atoms with van der Waals surface area (Å²) in [5.41, 5.74) is 7.32.